The van der Waals surface area contributed by atoms with Crippen molar-refractivity contribution < 1.29 is 9.59 Å². The molecule has 1 aliphatic rings. The third-order valence-corrected chi connectivity index (χ3v) is 3.96. The molecule has 3 N–H and O–H groups in total. The standard InChI is InChI=1S/C17H21N5O2/c1-18-16(23)11-22-10-15(9-20-22)21-17(24)19-8-12-2-4-13(5-3-12)14-6-7-14/h2-5,9-10,14H,6-8,11H2,1H3,(H,18,23)(H2,19,21,24). The zero-order valence-electron chi connectivity index (χ0n) is 13.6. The van der Waals surface area contributed by atoms with Crippen LogP contribution < -0.4 is 16.0 Å². The van der Waals surface area contributed by atoms with Gasteiger partial charge < -0.3 is 16.0 Å². The lowest BCUT2D eigenvalue weighted by Gasteiger charge is -2.07. The highest BCUT2D eigenvalue weighted by molar-refractivity contribution is 5.88. The lowest BCUT2D eigenvalue weighted by molar-refractivity contribution is -0.121. The van der Waals surface area contributed by atoms with Crippen LogP contribution in [-0.4, -0.2) is 28.8 Å². The van der Waals surface area contributed by atoms with E-state index in [1.165, 1.54) is 29.3 Å². The molecule has 2 aromatic rings. The first-order valence-electron chi connectivity index (χ1n) is 8.01. The lowest BCUT2D eigenvalue weighted by atomic mass is 10.1. The Morgan fingerprint density at radius 1 is 1.25 bits per heavy atom. The summed E-state index contributed by atoms with van der Waals surface area (Å²) in [4.78, 5) is 23.2. The first kappa shape index (κ1) is 16.0. The quantitative estimate of drug-likeness (QED) is 0.756. The Kier molecular flexibility index (Phi) is 4.79. The minimum absolute atomic E-state index is 0.118. The van der Waals surface area contributed by atoms with E-state index in [1.807, 2.05) is 0 Å². The topological polar surface area (TPSA) is 88.0 Å². The molecule has 0 aliphatic heterocycles. The fourth-order valence-electron chi connectivity index (χ4n) is 2.42. The maximum atomic E-state index is 11.9. The number of nitrogens with one attached hydrogen (secondary N) is 3. The van der Waals surface area contributed by atoms with E-state index in [1.54, 1.807) is 13.2 Å². The van der Waals surface area contributed by atoms with Crippen LogP contribution in [0.1, 0.15) is 29.9 Å². The summed E-state index contributed by atoms with van der Waals surface area (Å²) in [6, 6.07) is 8.07. The first-order valence-corrected chi connectivity index (χ1v) is 8.01. The molecule has 7 nitrogen and oxygen atoms in total. The van der Waals surface area contributed by atoms with Crippen molar-refractivity contribution in [2.24, 2.45) is 0 Å². The van der Waals surface area contributed by atoms with Crippen LogP contribution in [-0.2, 0) is 17.9 Å². The van der Waals surface area contributed by atoms with Crippen LogP contribution in [0, 0.1) is 0 Å². The van der Waals surface area contributed by atoms with Gasteiger partial charge >= 0.3 is 6.03 Å². The molecule has 7 heteroatoms. The molecule has 1 heterocycles. The molecule has 0 unspecified atom stereocenters. The van der Waals surface area contributed by atoms with E-state index in [0.717, 1.165) is 11.5 Å². The summed E-state index contributed by atoms with van der Waals surface area (Å²) >= 11 is 0. The molecule has 0 saturated heterocycles. The summed E-state index contributed by atoms with van der Waals surface area (Å²) in [5.74, 6) is 0.588. The number of urea groups is 1. The Bertz CT molecular complexity index is 719. The van der Waals surface area contributed by atoms with E-state index in [2.05, 4.69) is 45.3 Å². The smallest absolute Gasteiger partial charge is 0.319 e. The molecule has 1 aliphatic carbocycles. The summed E-state index contributed by atoms with van der Waals surface area (Å²) in [6.45, 7) is 0.580. The van der Waals surface area contributed by atoms with E-state index < -0.39 is 0 Å². The van der Waals surface area contributed by atoms with Crippen LogP contribution in [0.15, 0.2) is 36.7 Å². The molecule has 3 amide bonds. The number of aromatic nitrogens is 2. The van der Waals surface area contributed by atoms with Gasteiger partial charge in [0.25, 0.3) is 0 Å². The van der Waals surface area contributed by atoms with Crippen molar-refractivity contribution in [3.63, 3.8) is 0 Å². The largest absolute Gasteiger partial charge is 0.358 e. The Morgan fingerprint density at radius 2 is 2.00 bits per heavy atom. The average molecular weight is 327 g/mol. The van der Waals surface area contributed by atoms with Crippen LogP contribution in [0.2, 0.25) is 0 Å². The van der Waals surface area contributed by atoms with Crippen LogP contribution in [0.25, 0.3) is 0 Å². The molecule has 0 radical (unpaired) electrons. The van der Waals surface area contributed by atoms with Crippen LogP contribution in [0.4, 0.5) is 10.5 Å². The van der Waals surface area contributed by atoms with Gasteiger partial charge in [-0.25, -0.2) is 4.79 Å². The van der Waals surface area contributed by atoms with Crippen molar-refractivity contribution in [1.29, 1.82) is 0 Å². The summed E-state index contributed by atoms with van der Waals surface area (Å²) in [6.07, 6.45) is 5.69. The molecule has 126 valence electrons. The van der Waals surface area contributed by atoms with Gasteiger partial charge in [0.05, 0.1) is 11.9 Å². The molecule has 1 aromatic carbocycles. The highest BCUT2D eigenvalue weighted by Crippen LogP contribution is 2.39. The molecule has 0 bridgehead atoms. The number of hydrogen-bond donors (Lipinski definition) is 3. The summed E-state index contributed by atoms with van der Waals surface area (Å²) < 4.78 is 1.46. The Labute approximate surface area is 140 Å². The number of rotatable bonds is 6. The van der Waals surface area contributed by atoms with Gasteiger partial charge in [0, 0.05) is 19.8 Å². The van der Waals surface area contributed by atoms with Crippen LogP contribution in [0.5, 0.6) is 0 Å². The molecule has 1 fully saturated rings. The second kappa shape index (κ2) is 7.16. The predicted molar refractivity (Wildman–Crippen MR) is 90.6 cm³/mol. The molecule has 1 aromatic heterocycles. The highest BCUT2D eigenvalue weighted by atomic mass is 16.2. The third-order valence-electron chi connectivity index (χ3n) is 3.96. The molecule has 0 spiro atoms. The van der Waals surface area contributed by atoms with Crippen molar-refractivity contribution in [2.75, 3.05) is 12.4 Å². The zero-order chi connectivity index (χ0) is 16.9. The fraction of sp³-hybridized carbons (Fsp3) is 0.353. The van der Waals surface area contributed by atoms with E-state index in [-0.39, 0.29) is 18.5 Å². The number of nitrogens with zero attached hydrogens (tertiary/aromatic N) is 2. The monoisotopic (exact) mass is 327 g/mol. The lowest BCUT2D eigenvalue weighted by Crippen LogP contribution is -2.28. The van der Waals surface area contributed by atoms with Crippen molar-refractivity contribution >= 4 is 17.6 Å². The third kappa shape index (κ3) is 4.34. The maximum Gasteiger partial charge on any atom is 0.319 e. The van der Waals surface area contributed by atoms with Crippen molar-refractivity contribution in [1.82, 2.24) is 20.4 Å². The molecular formula is C17H21N5O2. The fourth-order valence-corrected chi connectivity index (χ4v) is 2.42. The van der Waals surface area contributed by atoms with Gasteiger partial charge in [-0.1, -0.05) is 24.3 Å². The van der Waals surface area contributed by atoms with Gasteiger partial charge in [0.15, 0.2) is 0 Å². The summed E-state index contributed by atoms with van der Waals surface area (Å²) in [7, 11) is 1.57. The highest BCUT2D eigenvalue weighted by Gasteiger charge is 2.22. The maximum absolute atomic E-state index is 11.9. The second-order valence-electron chi connectivity index (χ2n) is 5.92. The van der Waals surface area contributed by atoms with Crippen LogP contribution >= 0.6 is 0 Å². The van der Waals surface area contributed by atoms with Crippen molar-refractivity contribution in [3.05, 3.63) is 47.8 Å². The molecule has 1 saturated carbocycles. The van der Waals surface area contributed by atoms with Gasteiger partial charge in [-0.2, -0.15) is 5.10 Å². The Hall–Kier alpha value is -2.83. The summed E-state index contributed by atoms with van der Waals surface area (Å²) in [5.41, 5.74) is 2.98. The number of amides is 3. The van der Waals surface area contributed by atoms with Crippen molar-refractivity contribution in [3.8, 4) is 0 Å². The minimum Gasteiger partial charge on any atom is -0.358 e. The van der Waals surface area contributed by atoms with E-state index >= 15 is 0 Å². The number of likely N-dealkylation sites (N-methyl/N-ethyl adjacent to an activating group) is 1. The SMILES string of the molecule is CNC(=O)Cn1cc(NC(=O)NCc2ccc(C3CC3)cc2)cn1. The van der Waals surface area contributed by atoms with E-state index in [9.17, 15) is 9.59 Å². The molecule has 24 heavy (non-hydrogen) atoms. The molecule has 0 atom stereocenters. The van der Waals surface area contributed by atoms with Gasteiger partial charge in [-0.05, 0) is 29.9 Å². The van der Waals surface area contributed by atoms with E-state index in [4.69, 9.17) is 0 Å². The number of benzene rings is 1. The number of anilines is 1. The van der Waals surface area contributed by atoms with Gasteiger partial charge in [-0.3, -0.25) is 9.48 Å². The normalized spacial score (nSPS) is 13.4. The number of carbonyl (C=O) groups excluding carboxylic acids is 2. The second-order valence-corrected chi connectivity index (χ2v) is 5.92. The predicted octanol–water partition coefficient (Wildman–Crippen LogP) is 1.83. The first-order chi connectivity index (χ1) is 11.6. The number of hydrogen-bond acceptors (Lipinski definition) is 3. The summed E-state index contributed by atoms with van der Waals surface area (Å²) in [5, 5.41) is 12.0. The average Bonchev–Trinajstić information content (AvgIpc) is 3.35. The van der Waals surface area contributed by atoms with Gasteiger partial charge in [-0.15, -0.1) is 0 Å². The molecule has 3 rings (SSSR count). The minimum atomic E-state index is -0.305. The van der Waals surface area contributed by atoms with Crippen molar-refractivity contribution in [2.45, 2.75) is 31.8 Å². The molecular weight excluding hydrogens is 306 g/mol. The Balaban J connectivity index is 1.45. The zero-order valence-corrected chi connectivity index (χ0v) is 13.6. The van der Waals surface area contributed by atoms with Crippen LogP contribution in [0.3, 0.4) is 0 Å². The van der Waals surface area contributed by atoms with Gasteiger partial charge in [0.1, 0.15) is 6.54 Å². The van der Waals surface area contributed by atoms with E-state index in [0.29, 0.717) is 12.2 Å². The van der Waals surface area contributed by atoms with Gasteiger partial charge in [0.2, 0.25) is 5.91 Å². The Morgan fingerprint density at radius 3 is 2.67 bits per heavy atom. The number of carbonyl (C=O) groups is 2.